The van der Waals surface area contributed by atoms with Crippen molar-refractivity contribution in [2.75, 3.05) is 18.4 Å². The number of halogens is 2. The van der Waals surface area contributed by atoms with Crippen molar-refractivity contribution in [1.29, 1.82) is 0 Å². The van der Waals surface area contributed by atoms with Gasteiger partial charge in [-0.1, -0.05) is 23.7 Å². The van der Waals surface area contributed by atoms with E-state index in [9.17, 15) is 4.39 Å². The molecule has 3 nitrogen and oxygen atoms in total. The molecule has 0 spiro atoms. The van der Waals surface area contributed by atoms with E-state index in [1.807, 2.05) is 12.1 Å². The van der Waals surface area contributed by atoms with E-state index in [1.54, 1.807) is 12.1 Å². The Morgan fingerprint density at radius 2 is 2.20 bits per heavy atom. The summed E-state index contributed by atoms with van der Waals surface area (Å²) in [6.45, 7) is 0.973. The second kappa shape index (κ2) is 5.31. The smallest absolute Gasteiger partial charge is 0.151 e. The Bertz CT molecular complexity index is 648. The Morgan fingerprint density at radius 3 is 2.95 bits per heavy atom. The molecular weight excluding hydrogens is 279 g/mol. The SMILES string of the molecule is NC[C@H]1CNc2cc(F)cc(-c3cccc(Cl)c3)c2O1. The first-order valence-electron chi connectivity index (χ1n) is 6.37. The molecule has 0 unspecified atom stereocenters. The third kappa shape index (κ3) is 2.44. The lowest BCUT2D eigenvalue weighted by atomic mass is 10.0. The first-order valence-corrected chi connectivity index (χ1v) is 6.75. The van der Waals surface area contributed by atoms with E-state index in [0.29, 0.717) is 35.1 Å². The zero-order valence-corrected chi connectivity index (χ0v) is 11.5. The topological polar surface area (TPSA) is 47.3 Å². The van der Waals surface area contributed by atoms with Gasteiger partial charge >= 0.3 is 0 Å². The maximum absolute atomic E-state index is 13.8. The van der Waals surface area contributed by atoms with Gasteiger partial charge in [-0.05, 0) is 23.8 Å². The molecule has 0 saturated carbocycles. The summed E-state index contributed by atoms with van der Waals surface area (Å²) in [4.78, 5) is 0. The first-order chi connectivity index (χ1) is 9.67. The molecule has 1 aliphatic heterocycles. The van der Waals surface area contributed by atoms with Gasteiger partial charge in [0, 0.05) is 23.2 Å². The molecule has 3 N–H and O–H groups in total. The van der Waals surface area contributed by atoms with E-state index in [-0.39, 0.29) is 11.9 Å². The number of hydrogen-bond acceptors (Lipinski definition) is 3. The van der Waals surface area contributed by atoms with Gasteiger partial charge in [-0.2, -0.15) is 0 Å². The quantitative estimate of drug-likeness (QED) is 0.893. The number of ether oxygens (including phenoxy) is 1. The first kappa shape index (κ1) is 13.2. The molecule has 1 heterocycles. The molecule has 5 heteroatoms. The highest BCUT2D eigenvalue weighted by Gasteiger charge is 2.22. The normalized spacial score (nSPS) is 17.1. The molecule has 2 aromatic rings. The molecule has 0 amide bonds. The van der Waals surface area contributed by atoms with Gasteiger partial charge in [0.2, 0.25) is 0 Å². The molecule has 0 bridgehead atoms. The van der Waals surface area contributed by atoms with Crippen LogP contribution >= 0.6 is 11.6 Å². The lowest BCUT2D eigenvalue weighted by Gasteiger charge is -2.28. The van der Waals surface area contributed by atoms with Crippen LogP contribution in [0.5, 0.6) is 5.75 Å². The highest BCUT2D eigenvalue weighted by atomic mass is 35.5. The minimum atomic E-state index is -0.318. The van der Waals surface area contributed by atoms with Crippen molar-refractivity contribution in [2.45, 2.75) is 6.10 Å². The third-order valence-electron chi connectivity index (χ3n) is 3.26. The van der Waals surface area contributed by atoms with Crippen molar-refractivity contribution >= 4 is 17.3 Å². The van der Waals surface area contributed by atoms with Crippen LogP contribution in [0.15, 0.2) is 36.4 Å². The number of hydrogen-bond donors (Lipinski definition) is 2. The number of nitrogens with one attached hydrogen (secondary N) is 1. The van der Waals surface area contributed by atoms with Crippen LogP contribution in [0.3, 0.4) is 0 Å². The molecule has 0 aromatic heterocycles. The van der Waals surface area contributed by atoms with Crippen LogP contribution in [0.2, 0.25) is 5.02 Å². The molecule has 1 aliphatic rings. The maximum Gasteiger partial charge on any atom is 0.151 e. The van der Waals surface area contributed by atoms with Crippen LogP contribution in [0.25, 0.3) is 11.1 Å². The van der Waals surface area contributed by atoms with E-state index in [4.69, 9.17) is 22.1 Å². The number of rotatable bonds is 2. The van der Waals surface area contributed by atoms with Gasteiger partial charge in [-0.15, -0.1) is 0 Å². The van der Waals surface area contributed by atoms with Crippen molar-refractivity contribution in [2.24, 2.45) is 5.73 Å². The lowest BCUT2D eigenvalue weighted by molar-refractivity contribution is 0.215. The van der Waals surface area contributed by atoms with Gasteiger partial charge in [0.05, 0.1) is 12.2 Å². The van der Waals surface area contributed by atoms with Crippen molar-refractivity contribution < 1.29 is 9.13 Å². The summed E-state index contributed by atoms with van der Waals surface area (Å²) in [5.74, 6) is 0.302. The fourth-order valence-corrected chi connectivity index (χ4v) is 2.48. The predicted octanol–water partition coefficient (Wildman–Crippen LogP) is 3.28. The average Bonchev–Trinajstić information content (AvgIpc) is 2.46. The van der Waals surface area contributed by atoms with E-state index in [2.05, 4.69) is 5.32 Å². The number of anilines is 1. The summed E-state index contributed by atoms with van der Waals surface area (Å²) < 4.78 is 19.6. The van der Waals surface area contributed by atoms with E-state index < -0.39 is 0 Å². The van der Waals surface area contributed by atoms with Gasteiger partial charge in [-0.3, -0.25) is 0 Å². The van der Waals surface area contributed by atoms with Gasteiger partial charge in [0.1, 0.15) is 11.9 Å². The predicted molar refractivity (Wildman–Crippen MR) is 78.8 cm³/mol. The summed E-state index contributed by atoms with van der Waals surface area (Å²) in [7, 11) is 0. The van der Waals surface area contributed by atoms with Crippen LogP contribution < -0.4 is 15.8 Å². The van der Waals surface area contributed by atoms with Crippen LogP contribution in [0, 0.1) is 5.82 Å². The Morgan fingerprint density at radius 1 is 1.35 bits per heavy atom. The molecule has 0 saturated heterocycles. The minimum absolute atomic E-state index is 0.120. The van der Waals surface area contributed by atoms with E-state index in [0.717, 1.165) is 5.56 Å². The lowest BCUT2D eigenvalue weighted by Crippen LogP contribution is -2.37. The Hall–Kier alpha value is -1.78. The van der Waals surface area contributed by atoms with Gasteiger partial charge in [0.15, 0.2) is 5.75 Å². The zero-order chi connectivity index (χ0) is 14.1. The van der Waals surface area contributed by atoms with Crippen LogP contribution in [-0.4, -0.2) is 19.2 Å². The molecule has 0 radical (unpaired) electrons. The monoisotopic (exact) mass is 292 g/mol. The van der Waals surface area contributed by atoms with Crippen molar-refractivity contribution in [3.8, 4) is 16.9 Å². The standard InChI is InChI=1S/C15H14ClFN2O/c16-10-3-1-2-9(4-10)13-5-11(17)6-14-15(13)20-12(7-18)8-19-14/h1-6,12,19H,7-8,18H2/t12-/m0/s1. The van der Waals surface area contributed by atoms with Gasteiger partial charge in [0.25, 0.3) is 0 Å². The second-order valence-corrected chi connectivity index (χ2v) is 5.13. The highest BCUT2D eigenvalue weighted by Crippen LogP contribution is 2.40. The molecule has 1 atom stereocenters. The van der Waals surface area contributed by atoms with Crippen molar-refractivity contribution in [1.82, 2.24) is 0 Å². The molecule has 0 fully saturated rings. The number of nitrogens with two attached hydrogens (primary N) is 1. The van der Waals surface area contributed by atoms with Crippen LogP contribution in [0.4, 0.5) is 10.1 Å². The fraction of sp³-hybridized carbons (Fsp3) is 0.200. The molecular formula is C15H14ClFN2O. The van der Waals surface area contributed by atoms with Gasteiger partial charge in [-0.25, -0.2) is 4.39 Å². The summed E-state index contributed by atoms with van der Waals surface area (Å²) in [6.07, 6.45) is -0.120. The Kier molecular flexibility index (Phi) is 3.51. The number of benzene rings is 2. The Labute approximate surface area is 121 Å². The number of fused-ring (bicyclic) bond motifs is 1. The zero-order valence-electron chi connectivity index (χ0n) is 10.7. The summed E-state index contributed by atoms with van der Waals surface area (Å²) in [5, 5.41) is 3.75. The minimum Gasteiger partial charge on any atom is -0.484 e. The van der Waals surface area contributed by atoms with Crippen molar-refractivity contribution in [3.05, 3.63) is 47.2 Å². The second-order valence-electron chi connectivity index (χ2n) is 4.70. The highest BCUT2D eigenvalue weighted by molar-refractivity contribution is 6.30. The summed E-state index contributed by atoms with van der Waals surface area (Å²) >= 11 is 6.00. The molecule has 0 aliphatic carbocycles. The average molecular weight is 293 g/mol. The molecule has 104 valence electrons. The van der Waals surface area contributed by atoms with Crippen molar-refractivity contribution in [3.63, 3.8) is 0 Å². The van der Waals surface area contributed by atoms with Crippen LogP contribution in [-0.2, 0) is 0 Å². The fourth-order valence-electron chi connectivity index (χ4n) is 2.29. The van der Waals surface area contributed by atoms with Crippen LogP contribution in [0.1, 0.15) is 0 Å². The van der Waals surface area contributed by atoms with E-state index >= 15 is 0 Å². The van der Waals surface area contributed by atoms with Gasteiger partial charge < -0.3 is 15.8 Å². The summed E-state index contributed by atoms with van der Waals surface area (Å²) in [5.41, 5.74) is 7.77. The summed E-state index contributed by atoms with van der Waals surface area (Å²) in [6, 6.07) is 10.1. The third-order valence-corrected chi connectivity index (χ3v) is 3.49. The largest absolute Gasteiger partial charge is 0.484 e. The maximum atomic E-state index is 13.8. The molecule has 20 heavy (non-hydrogen) atoms. The van der Waals surface area contributed by atoms with E-state index in [1.165, 1.54) is 12.1 Å². The molecule has 3 rings (SSSR count). The Balaban J connectivity index is 2.13. The molecule has 2 aromatic carbocycles.